The van der Waals surface area contributed by atoms with Crippen molar-refractivity contribution >= 4 is 0 Å². The summed E-state index contributed by atoms with van der Waals surface area (Å²) in [5.74, 6) is 0. The van der Waals surface area contributed by atoms with Gasteiger partial charge in [-0.25, -0.2) is 0 Å². The van der Waals surface area contributed by atoms with Crippen molar-refractivity contribution in [1.29, 1.82) is 0 Å². The number of nitrogens with zero attached hydrogens (tertiary/aromatic N) is 1. The number of aryl methyl sites for hydroxylation is 2. The van der Waals surface area contributed by atoms with Gasteiger partial charge in [0.05, 0.1) is 0 Å². The van der Waals surface area contributed by atoms with Gasteiger partial charge in [-0.05, 0) is 64.9 Å². The molecule has 0 spiro atoms. The van der Waals surface area contributed by atoms with E-state index in [2.05, 4.69) is 56.4 Å². The van der Waals surface area contributed by atoms with Crippen LogP contribution in [0.5, 0.6) is 0 Å². The van der Waals surface area contributed by atoms with Gasteiger partial charge in [0.2, 0.25) is 0 Å². The van der Waals surface area contributed by atoms with Crippen molar-refractivity contribution < 1.29 is 0 Å². The van der Waals surface area contributed by atoms with Gasteiger partial charge in [0.25, 0.3) is 0 Å². The van der Waals surface area contributed by atoms with Crippen molar-refractivity contribution in [2.75, 3.05) is 20.6 Å². The monoisotopic (exact) mass is 260 g/mol. The third-order valence-corrected chi connectivity index (χ3v) is 4.34. The van der Waals surface area contributed by atoms with E-state index in [9.17, 15) is 0 Å². The zero-order valence-corrected chi connectivity index (χ0v) is 12.9. The smallest absolute Gasteiger partial charge is 0.0359 e. The van der Waals surface area contributed by atoms with Crippen LogP contribution in [0.15, 0.2) is 18.2 Å². The zero-order chi connectivity index (χ0) is 13.8. The molecule has 2 rings (SSSR count). The van der Waals surface area contributed by atoms with Crippen molar-refractivity contribution in [1.82, 2.24) is 10.2 Å². The second kappa shape index (κ2) is 6.53. The van der Waals surface area contributed by atoms with Crippen LogP contribution < -0.4 is 5.32 Å². The Morgan fingerprint density at radius 2 is 2.05 bits per heavy atom. The van der Waals surface area contributed by atoms with E-state index < -0.39 is 0 Å². The average molecular weight is 260 g/mol. The van der Waals surface area contributed by atoms with Crippen LogP contribution in [0.25, 0.3) is 0 Å². The first-order chi connectivity index (χ1) is 9.08. The molecule has 0 saturated carbocycles. The third-order valence-electron chi connectivity index (χ3n) is 4.34. The van der Waals surface area contributed by atoms with Gasteiger partial charge < -0.3 is 10.2 Å². The van der Waals surface area contributed by atoms with Crippen LogP contribution in [0.1, 0.15) is 48.4 Å². The molecule has 1 aliphatic rings. The summed E-state index contributed by atoms with van der Waals surface area (Å²) in [4.78, 5) is 2.37. The normalized spacial score (nSPS) is 21.6. The van der Waals surface area contributed by atoms with Crippen molar-refractivity contribution in [3.63, 3.8) is 0 Å². The molecule has 0 aliphatic carbocycles. The highest BCUT2D eigenvalue weighted by atomic mass is 15.1. The van der Waals surface area contributed by atoms with Gasteiger partial charge in [0.1, 0.15) is 0 Å². The van der Waals surface area contributed by atoms with Gasteiger partial charge in [-0.1, -0.05) is 30.2 Å². The topological polar surface area (TPSA) is 15.3 Å². The quantitative estimate of drug-likeness (QED) is 0.892. The van der Waals surface area contributed by atoms with Crippen LogP contribution in [0, 0.1) is 13.8 Å². The van der Waals surface area contributed by atoms with Crippen LogP contribution >= 0.6 is 0 Å². The largest absolute Gasteiger partial charge is 0.314 e. The van der Waals surface area contributed by atoms with Crippen LogP contribution in [0.3, 0.4) is 0 Å². The third kappa shape index (κ3) is 3.80. The standard InChI is InChI=1S/C17H28N2/c1-13-8-9-14(2)16(11-13)17(19(3)4)12-15-7-5-6-10-18-15/h8-9,11,15,17-18H,5-7,10,12H2,1-4H3. The molecule has 1 aliphatic heterocycles. The first-order valence-corrected chi connectivity index (χ1v) is 7.55. The molecule has 2 unspecified atom stereocenters. The van der Waals surface area contributed by atoms with Gasteiger partial charge in [0.15, 0.2) is 0 Å². The Kier molecular flexibility index (Phi) is 5.00. The molecule has 0 radical (unpaired) electrons. The molecule has 2 atom stereocenters. The van der Waals surface area contributed by atoms with Crippen LogP contribution in [0.4, 0.5) is 0 Å². The number of hydrogen-bond acceptors (Lipinski definition) is 2. The van der Waals surface area contributed by atoms with Crippen molar-refractivity contribution in [2.24, 2.45) is 0 Å². The summed E-state index contributed by atoms with van der Waals surface area (Å²) in [5.41, 5.74) is 4.28. The van der Waals surface area contributed by atoms with E-state index in [-0.39, 0.29) is 0 Å². The highest BCUT2D eigenvalue weighted by Gasteiger charge is 2.22. The van der Waals surface area contributed by atoms with E-state index in [1.165, 1.54) is 48.9 Å². The van der Waals surface area contributed by atoms with Gasteiger partial charge in [-0.2, -0.15) is 0 Å². The Bertz CT molecular complexity index is 406. The van der Waals surface area contributed by atoms with Crippen LogP contribution in [-0.4, -0.2) is 31.6 Å². The predicted molar refractivity (Wildman–Crippen MR) is 82.6 cm³/mol. The molecule has 0 bridgehead atoms. The molecular formula is C17H28N2. The Labute approximate surface area is 118 Å². The molecular weight excluding hydrogens is 232 g/mol. The first kappa shape index (κ1) is 14.5. The second-order valence-corrected chi connectivity index (χ2v) is 6.22. The number of hydrogen-bond donors (Lipinski definition) is 1. The van der Waals surface area contributed by atoms with Gasteiger partial charge in [0, 0.05) is 12.1 Å². The predicted octanol–water partition coefficient (Wildman–Crippen LogP) is 3.44. The lowest BCUT2D eigenvalue weighted by Crippen LogP contribution is -2.37. The maximum absolute atomic E-state index is 3.68. The van der Waals surface area contributed by atoms with E-state index in [0.717, 1.165) is 0 Å². The van der Waals surface area contributed by atoms with E-state index in [1.54, 1.807) is 0 Å². The molecule has 19 heavy (non-hydrogen) atoms. The molecule has 1 aromatic carbocycles. The molecule has 0 amide bonds. The number of rotatable bonds is 4. The summed E-state index contributed by atoms with van der Waals surface area (Å²) in [5, 5.41) is 3.68. The summed E-state index contributed by atoms with van der Waals surface area (Å²) in [6.45, 7) is 5.62. The fraction of sp³-hybridized carbons (Fsp3) is 0.647. The van der Waals surface area contributed by atoms with Crippen molar-refractivity contribution in [2.45, 2.75) is 51.6 Å². The molecule has 1 fully saturated rings. The molecule has 1 aromatic rings. The molecule has 106 valence electrons. The maximum atomic E-state index is 3.68. The lowest BCUT2D eigenvalue weighted by molar-refractivity contribution is 0.239. The molecule has 0 aromatic heterocycles. The Morgan fingerprint density at radius 1 is 1.26 bits per heavy atom. The minimum atomic E-state index is 0.524. The summed E-state index contributed by atoms with van der Waals surface area (Å²) in [6.07, 6.45) is 5.27. The molecule has 2 nitrogen and oxygen atoms in total. The van der Waals surface area contributed by atoms with E-state index in [4.69, 9.17) is 0 Å². The minimum Gasteiger partial charge on any atom is -0.314 e. The minimum absolute atomic E-state index is 0.524. The van der Waals surface area contributed by atoms with Crippen molar-refractivity contribution in [3.8, 4) is 0 Å². The van der Waals surface area contributed by atoms with Gasteiger partial charge >= 0.3 is 0 Å². The molecule has 1 saturated heterocycles. The highest BCUT2D eigenvalue weighted by Crippen LogP contribution is 2.29. The van der Waals surface area contributed by atoms with Gasteiger partial charge in [-0.3, -0.25) is 0 Å². The van der Waals surface area contributed by atoms with Gasteiger partial charge in [-0.15, -0.1) is 0 Å². The summed E-state index contributed by atoms with van der Waals surface area (Å²) >= 11 is 0. The van der Waals surface area contributed by atoms with E-state index in [1.807, 2.05) is 0 Å². The average Bonchev–Trinajstić information content (AvgIpc) is 2.40. The Balaban J connectivity index is 2.16. The summed E-state index contributed by atoms with van der Waals surface area (Å²) in [7, 11) is 4.41. The second-order valence-electron chi connectivity index (χ2n) is 6.22. The van der Waals surface area contributed by atoms with E-state index >= 15 is 0 Å². The first-order valence-electron chi connectivity index (χ1n) is 7.55. The maximum Gasteiger partial charge on any atom is 0.0359 e. The SMILES string of the molecule is Cc1ccc(C)c(C(CC2CCCCN2)N(C)C)c1. The lowest BCUT2D eigenvalue weighted by atomic mass is 9.90. The van der Waals surface area contributed by atoms with Crippen molar-refractivity contribution in [3.05, 3.63) is 34.9 Å². The highest BCUT2D eigenvalue weighted by molar-refractivity contribution is 5.33. The number of nitrogens with one attached hydrogen (secondary N) is 1. The van der Waals surface area contributed by atoms with E-state index in [0.29, 0.717) is 12.1 Å². The summed E-state index contributed by atoms with van der Waals surface area (Å²) in [6, 6.07) is 8.04. The fourth-order valence-corrected chi connectivity index (χ4v) is 3.13. The number of piperidine rings is 1. The zero-order valence-electron chi connectivity index (χ0n) is 12.9. The summed E-state index contributed by atoms with van der Waals surface area (Å²) < 4.78 is 0. The molecule has 2 heteroatoms. The van der Waals surface area contributed by atoms with Crippen LogP contribution in [0.2, 0.25) is 0 Å². The molecule has 1 N–H and O–H groups in total. The number of benzene rings is 1. The molecule has 1 heterocycles. The lowest BCUT2D eigenvalue weighted by Gasteiger charge is -2.32. The fourth-order valence-electron chi connectivity index (χ4n) is 3.13. The Hall–Kier alpha value is -0.860. The van der Waals surface area contributed by atoms with Crippen LogP contribution in [-0.2, 0) is 0 Å². The Morgan fingerprint density at radius 3 is 2.68 bits per heavy atom.